The first-order valence-corrected chi connectivity index (χ1v) is 7.46. The van der Waals surface area contributed by atoms with Gasteiger partial charge in [-0.1, -0.05) is 18.2 Å². The van der Waals surface area contributed by atoms with Crippen LogP contribution >= 0.6 is 0 Å². The van der Waals surface area contributed by atoms with Gasteiger partial charge in [-0.3, -0.25) is 0 Å². The van der Waals surface area contributed by atoms with Crippen molar-refractivity contribution in [3.63, 3.8) is 0 Å². The van der Waals surface area contributed by atoms with Crippen LogP contribution in [0, 0.1) is 0 Å². The van der Waals surface area contributed by atoms with E-state index < -0.39 is 0 Å². The summed E-state index contributed by atoms with van der Waals surface area (Å²) in [5.74, 6) is 2.51. The van der Waals surface area contributed by atoms with Crippen molar-refractivity contribution >= 4 is 16.7 Å². The average molecular weight is 309 g/mol. The predicted octanol–water partition coefficient (Wildman–Crippen LogP) is 3.30. The first-order chi connectivity index (χ1) is 11.3. The molecule has 0 atom stereocenters. The Hall–Kier alpha value is -2.82. The average Bonchev–Trinajstić information content (AvgIpc) is 2.62. The maximum Gasteiger partial charge on any atom is 0.137 e. The van der Waals surface area contributed by atoms with Crippen molar-refractivity contribution in [2.45, 2.75) is 6.42 Å². The third-order valence-electron chi connectivity index (χ3n) is 3.72. The minimum Gasteiger partial charge on any atom is -0.497 e. The lowest BCUT2D eigenvalue weighted by molar-refractivity contribution is 0.410. The van der Waals surface area contributed by atoms with Crippen molar-refractivity contribution in [1.29, 1.82) is 0 Å². The number of rotatable bonds is 6. The number of ether oxygens (including phenoxy) is 2. The molecule has 3 rings (SSSR count). The topological polar surface area (TPSA) is 56.3 Å². The molecule has 5 heteroatoms. The van der Waals surface area contributed by atoms with E-state index in [0.717, 1.165) is 41.2 Å². The van der Waals surface area contributed by atoms with Crippen LogP contribution < -0.4 is 14.8 Å². The van der Waals surface area contributed by atoms with E-state index in [9.17, 15) is 0 Å². The number of anilines is 1. The highest BCUT2D eigenvalue weighted by atomic mass is 16.5. The molecule has 0 amide bonds. The highest BCUT2D eigenvalue weighted by Gasteiger charge is 2.06. The Morgan fingerprint density at radius 3 is 2.70 bits per heavy atom. The molecule has 0 aliphatic carbocycles. The molecule has 1 aromatic heterocycles. The second kappa shape index (κ2) is 6.96. The summed E-state index contributed by atoms with van der Waals surface area (Å²) in [7, 11) is 3.34. The molecule has 0 saturated heterocycles. The molecule has 0 bridgehead atoms. The fourth-order valence-corrected chi connectivity index (χ4v) is 2.53. The summed E-state index contributed by atoms with van der Waals surface area (Å²) in [5.41, 5.74) is 2.05. The number of benzene rings is 2. The number of fused-ring (bicyclic) bond motifs is 1. The summed E-state index contributed by atoms with van der Waals surface area (Å²) in [4.78, 5) is 8.63. The maximum absolute atomic E-state index is 5.38. The number of hydrogen-bond acceptors (Lipinski definition) is 5. The lowest BCUT2D eigenvalue weighted by atomic mass is 10.1. The molecular formula is C18H19N3O2. The number of methoxy groups -OCH3 is 2. The van der Waals surface area contributed by atoms with Gasteiger partial charge in [-0.05, 0) is 36.2 Å². The Bertz CT molecular complexity index is 805. The standard InChI is InChI=1S/C18H19N3O2/c1-22-14-7-8-16-15(11-14)18(21-12-20-16)19-10-9-13-5-3-4-6-17(13)23-2/h3-8,11-12H,9-10H2,1-2H3,(H,19,20,21). The zero-order chi connectivity index (χ0) is 16.1. The van der Waals surface area contributed by atoms with Gasteiger partial charge in [-0.2, -0.15) is 0 Å². The molecule has 23 heavy (non-hydrogen) atoms. The Kier molecular flexibility index (Phi) is 4.57. The summed E-state index contributed by atoms with van der Waals surface area (Å²) in [5, 5.41) is 4.33. The monoisotopic (exact) mass is 309 g/mol. The van der Waals surface area contributed by atoms with Gasteiger partial charge in [0, 0.05) is 11.9 Å². The summed E-state index contributed by atoms with van der Waals surface area (Å²) < 4.78 is 10.7. The molecule has 0 aliphatic heterocycles. The molecule has 1 N–H and O–H groups in total. The van der Waals surface area contributed by atoms with Gasteiger partial charge in [0.2, 0.25) is 0 Å². The predicted molar refractivity (Wildman–Crippen MR) is 91.3 cm³/mol. The quantitative estimate of drug-likeness (QED) is 0.757. The van der Waals surface area contributed by atoms with E-state index in [1.807, 2.05) is 36.4 Å². The molecule has 1 heterocycles. The van der Waals surface area contributed by atoms with Crippen LogP contribution in [0.5, 0.6) is 11.5 Å². The molecule has 0 spiro atoms. The van der Waals surface area contributed by atoms with Crippen molar-refractivity contribution < 1.29 is 9.47 Å². The van der Waals surface area contributed by atoms with Crippen molar-refractivity contribution in [3.05, 3.63) is 54.4 Å². The number of aromatic nitrogens is 2. The van der Waals surface area contributed by atoms with Crippen molar-refractivity contribution in [1.82, 2.24) is 9.97 Å². The van der Waals surface area contributed by atoms with E-state index in [0.29, 0.717) is 0 Å². The smallest absolute Gasteiger partial charge is 0.137 e. The molecular weight excluding hydrogens is 290 g/mol. The Morgan fingerprint density at radius 1 is 1.00 bits per heavy atom. The van der Waals surface area contributed by atoms with Crippen LogP contribution in [0.15, 0.2) is 48.8 Å². The maximum atomic E-state index is 5.38. The first-order valence-electron chi connectivity index (χ1n) is 7.46. The normalized spacial score (nSPS) is 10.5. The molecule has 5 nitrogen and oxygen atoms in total. The van der Waals surface area contributed by atoms with E-state index in [1.165, 1.54) is 5.56 Å². The van der Waals surface area contributed by atoms with Crippen molar-refractivity contribution in [2.24, 2.45) is 0 Å². The first kappa shape index (κ1) is 15.1. The molecule has 0 aliphatic rings. The summed E-state index contributed by atoms with van der Waals surface area (Å²) in [6, 6.07) is 13.8. The molecule has 0 saturated carbocycles. The molecule has 2 aromatic carbocycles. The van der Waals surface area contributed by atoms with E-state index in [-0.39, 0.29) is 0 Å². The van der Waals surface area contributed by atoms with E-state index >= 15 is 0 Å². The van der Waals surface area contributed by atoms with E-state index in [2.05, 4.69) is 21.4 Å². The van der Waals surface area contributed by atoms with Crippen LogP contribution in [0.2, 0.25) is 0 Å². The second-order valence-corrected chi connectivity index (χ2v) is 5.09. The largest absolute Gasteiger partial charge is 0.497 e. The van der Waals surface area contributed by atoms with Crippen LogP contribution in [0.25, 0.3) is 10.9 Å². The van der Waals surface area contributed by atoms with E-state index in [4.69, 9.17) is 9.47 Å². The van der Waals surface area contributed by atoms with Crippen molar-refractivity contribution in [3.8, 4) is 11.5 Å². The van der Waals surface area contributed by atoms with Crippen LogP contribution in [0.1, 0.15) is 5.56 Å². The van der Waals surface area contributed by atoms with Gasteiger partial charge >= 0.3 is 0 Å². The Morgan fingerprint density at radius 2 is 1.87 bits per heavy atom. The Balaban J connectivity index is 1.76. The van der Waals surface area contributed by atoms with Gasteiger partial charge in [-0.25, -0.2) is 9.97 Å². The summed E-state index contributed by atoms with van der Waals surface area (Å²) in [6.07, 6.45) is 2.42. The van der Waals surface area contributed by atoms with Crippen LogP contribution in [0.4, 0.5) is 5.82 Å². The lowest BCUT2D eigenvalue weighted by Crippen LogP contribution is -2.08. The summed E-state index contributed by atoms with van der Waals surface area (Å²) >= 11 is 0. The number of hydrogen-bond donors (Lipinski definition) is 1. The van der Waals surface area contributed by atoms with Crippen LogP contribution in [-0.2, 0) is 6.42 Å². The van der Waals surface area contributed by atoms with Crippen LogP contribution in [-0.4, -0.2) is 30.7 Å². The third-order valence-corrected chi connectivity index (χ3v) is 3.72. The molecule has 0 fully saturated rings. The highest BCUT2D eigenvalue weighted by Crippen LogP contribution is 2.24. The van der Waals surface area contributed by atoms with Gasteiger partial charge in [-0.15, -0.1) is 0 Å². The minimum absolute atomic E-state index is 0.754. The minimum atomic E-state index is 0.754. The molecule has 0 radical (unpaired) electrons. The van der Waals surface area contributed by atoms with Crippen LogP contribution in [0.3, 0.4) is 0 Å². The molecule has 3 aromatic rings. The fraction of sp³-hybridized carbons (Fsp3) is 0.222. The zero-order valence-corrected chi connectivity index (χ0v) is 13.2. The Labute approximate surface area is 135 Å². The van der Waals surface area contributed by atoms with Gasteiger partial charge in [0.05, 0.1) is 19.7 Å². The van der Waals surface area contributed by atoms with E-state index in [1.54, 1.807) is 20.5 Å². The van der Waals surface area contributed by atoms with Crippen molar-refractivity contribution in [2.75, 3.05) is 26.1 Å². The van der Waals surface area contributed by atoms with Gasteiger partial charge in [0.25, 0.3) is 0 Å². The summed E-state index contributed by atoms with van der Waals surface area (Å²) in [6.45, 7) is 0.754. The zero-order valence-electron chi connectivity index (χ0n) is 13.2. The fourth-order valence-electron chi connectivity index (χ4n) is 2.53. The van der Waals surface area contributed by atoms with Gasteiger partial charge in [0.15, 0.2) is 0 Å². The SMILES string of the molecule is COc1ccc2ncnc(NCCc3ccccc3OC)c2c1. The third kappa shape index (κ3) is 3.34. The van der Waals surface area contributed by atoms with Gasteiger partial charge in [0.1, 0.15) is 23.6 Å². The number of para-hydroxylation sites is 1. The van der Waals surface area contributed by atoms with Gasteiger partial charge < -0.3 is 14.8 Å². The highest BCUT2D eigenvalue weighted by molar-refractivity contribution is 5.89. The number of nitrogens with one attached hydrogen (secondary N) is 1. The molecule has 0 unspecified atom stereocenters. The lowest BCUT2D eigenvalue weighted by Gasteiger charge is -2.11. The number of nitrogens with zero attached hydrogens (tertiary/aromatic N) is 2. The molecule has 118 valence electrons. The second-order valence-electron chi connectivity index (χ2n) is 5.09.